The van der Waals surface area contributed by atoms with Crippen LogP contribution in [0.15, 0.2) is 12.1 Å². The zero-order valence-corrected chi connectivity index (χ0v) is 10.3. The van der Waals surface area contributed by atoms with Gasteiger partial charge in [-0.1, -0.05) is 11.6 Å². The van der Waals surface area contributed by atoms with E-state index in [1.54, 1.807) is 20.3 Å². The van der Waals surface area contributed by atoms with Gasteiger partial charge in [0.1, 0.15) is 0 Å². The highest BCUT2D eigenvalue weighted by atomic mass is 35.5. The lowest BCUT2D eigenvalue weighted by molar-refractivity contribution is 0.240. The highest BCUT2D eigenvalue weighted by molar-refractivity contribution is 6.31. The summed E-state index contributed by atoms with van der Waals surface area (Å²) in [7, 11) is 3.22. The molecule has 88 valence electrons. The fraction of sp³-hybridized carbons (Fsp3) is 0.500. The number of halogens is 1. The minimum atomic E-state index is -0.350. The van der Waals surface area contributed by atoms with Crippen LogP contribution in [0.5, 0.6) is 11.5 Å². The van der Waals surface area contributed by atoms with E-state index in [4.69, 9.17) is 26.8 Å². The number of rotatable bonds is 3. The van der Waals surface area contributed by atoms with Crippen LogP contribution < -0.4 is 15.2 Å². The summed E-state index contributed by atoms with van der Waals surface area (Å²) in [5.74, 6) is 1.34. The second-order valence-electron chi connectivity index (χ2n) is 4.17. The van der Waals surface area contributed by atoms with Gasteiger partial charge in [0, 0.05) is 16.1 Å². The molecule has 1 aromatic rings. The van der Waals surface area contributed by atoms with E-state index in [2.05, 4.69) is 0 Å². The van der Waals surface area contributed by atoms with Gasteiger partial charge in [-0.3, -0.25) is 0 Å². The highest BCUT2D eigenvalue weighted by Crippen LogP contribution is 2.48. The first-order valence-electron chi connectivity index (χ1n) is 5.32. The van der Waals surface area contributed by atoms with Gasteiger partial charge >= 0.3 is 0 Å². The minimum Gasteiger partial charge on any atom is -0.493 e. The minimum absolute atomic E-state index is 0.350. The van der Waals surface area contributed by atoms with E-state index in [9.17, 15) is 0 Å². The van der Waals surface area contributed by atoms with E-state index in [1.165, 1.54) is 0 Å². The largest absolute Gasteiger partial charge is 0.493 e. The van der Waals surface area contributed by atoms with Gasteiger partial charge < -0.3 is 15.2 Å². The quantitative estimate of drug-likeness (QED) is 0.885. The Kier molecular flexibility index (Phi) is 3.00. The Morgan fingerprint density at radius 2 is 1.94 bits per heavy atom. The number of ether oxygens (including phenoxy) is 2. The Bertz CT molecular complexity index is 402. The van der Waals surface area contributed by atoms with Crippen molar-refractivity contribution in [2.24, 2.45) is 5.73 Å². The summed E-state index contributed by atoms with van der Waals surface area (Å²) >= 11 is 6.22. The standard InChI is InChI=1S/C12H16ClNO2/c1-15-9-5-4-8(13)10(11(9)16-2)12(14)6-3-7-12/h4-5H,3,6-7,14H2,1-2H3. The van der Waals surface area contributed by atoms with Gasteiger partial charge in [-0.2, -0.15) is 0 Å². The Morgan fingerprint density at radius 3 is 2.38 bits per heavy atom. The second-order valence-corrected chi connectivity index (χ2v) is 4.57. The molecule has 2 rings (SSSR count). The Hall–Kier alpha value is -0.930. The first-order valence-corrected chi connectivity index (χ1v) is 5.70. The molecule has 0 amide bonds. The predicted molar refractivity (Wildman–Crippen MR) is 64.3 cm³/mol. The summed E-state index contributed by atoms with van der Waals surface area (Å²) in [6, 6.07) is 3.61. The number of benzene rings is 1. The van der Waals surface area contributed by atoms with E-state index in [0.717, 1.165) is 24.8 Å². The van der Waals surface area contributed by atoms with Crippen LogP contribution in [0.4, 0.5) is 0 Å². The molecule has 0 atom stereocenters. The Balaban J connectivity index is 2.56. The van der Waals surface area contributed by atoms with Gasteiger partial charge in [-0.25, -0.2) is 0 Å². The van der Waals surface area contributed by atoms with Crippen LogP contribution in [0, 0.1) is 0 Å². The van der Waals surface area contributed by atoms with E-state index >= 15 is 0 Å². The van der Waals surface area contributed by atoms with Crippen LogP contribution in [0.1, 0.15) is 24.8 Å². The summed E-state index contributed by atoms with van der Waals surface area (Å²) in [4.78, 5) is 0. The maximum atomic E-state index is 6.30. The fourth-order valence-electron chi connectivity index (χ4n) is 2.17. The van der Waals surface area contributed by atoms with Gasteiger partial charge in [0.05, 0.1) is 14.2 Å². The third-order valence-electron chi connectivity index (χ3n) is 3.24. The van der Waals surface area contributed by atoms with Crippen molar-refractivity contribution in [1.29, 1.82) is 0 Å². The monoisotopic (exact) mass is 241 g/mol. The molecule has 0 saturated heterocycles. The zero-order chi connectivity index (χ0) is 11.8. The summed E-state index contributed by atoms with van der Waals surface area (Å²) < 4.78 is 10.6. The smallest absolute Gasteiger partial charge is 0.167 e. The summed E-state index contributed by atoms with van der Waals surface area (Å²) in [5, 5.41) is 0.653. The Morgan fingerprint density at radius 1 is 1.25 bits per heavy atom. The number of hydrogen-bond acceptors (Lipinski definition) is 3. The lowest BCUT2D eigenvalue weighted by atomic mass is 9.72. The van der Waals surface area contributed by atoms with Crippen molar-refractivity contribution in [2.45, 2.75) is 24.8 Å². The van der Waals surface area contributed by atoms with Gasteiger partial charge in [-0.15, -0.1) is 0 Å². The maximum absolute atomic E-state index is 6.30. The van der Waals surface area contributed by atoms with Crippen molar-refractivity contribution in [3.05, 3.63) is 22.7 Å². The van der Waals surface area contributed by atoms with Gasteiger partial charge in [-0.05, 0) is 31.4 Å². The number of hydrogen-bond donors (Lipinski definition) is 1. The summed E-state index contributed by atoms with van der Waals surface area (Å²) in [6.45, 7) is 0. The van der Waals surface area contributed by atoms with Crippen LogP contribution in [-0.4, -0.2) is 14.2 Å². The van der Waals surface area contributed by atoms with Crippen LogP contribution in [0.25, 0.3) is 0 Å². The second kappa shape index (κ2) is 4.15. The molecule has 4 heteroatoms. The molecule has 0 unspecified atom stereocenters. The molecule has 16 heavy (non-hydrogen) atoms. The number of methoxy groups -OCH3 is 2. The molecule has 0 radical (unpaired) electrons. The van der Waals surface area contributed by atoms with Crippen LogP contribution in [0.3, 0.4) is 0 Å². The van der Waals surface area contributed by atoms with Crippen LogP contribution >= 0.6 is 11.6 Å². The van der Waals surface area contributed by atoms with Gasteiger partial charge in [0.2, 0.25) is 0 Å². The lowest BCUT2D eigenvalue weighted by Gasteiger charge is -2.40. The van der Waals surface area contributed by atoms with Gasteiger partial charge in [0.15, 0.2) is 11.5 Å². The van der Waals surface area contributed by atoms with E-state index < -0.39 is 0 Å². The lowest BCUT2D eigenvalue weighted by Crippen LogP contribution is -2.43. The molecular weight excluding hydrogens is 226 g/mol. The molecule has 1 fully saturated rings. The highest BCUT2D eigenvalue weighted by Gasteiger charge is 2.39. The third kappa shape index (κ3) is 1.64. The predicted octanol–water partition coefficient (Wildman–Crippen LogP) is 2.70. The molecule has 1 aliphatic rings. The molecule has 0 heterocycles. The molecule has 2 N–H and O–H groups in total. The maximum Gasteiger partial charge on any atom is 0.167 e. The van der Waals surface area contributed by atoms with Crippen LogP contribution in [-0.2, 0) is 5.54 Å². The van der Waals surface area contributed by atoms with Crippen molar-refractivity contribution in [1.82, 2.24) is 0 Å². The molecule has 3 nitrogen and oxygen atoms in total. The molecule has 1 saturated carbocycles. The molecule has 1 aliphatic carbocycles. The molecule has 1 aromatic carbocycles. The summed E-state index contributed by atoms with van der Waals surface area (Å²) in [6.07, 6.45) is 3.01. The summed E-state index contributed by atoms with van der Waals surface area (Å²) in [5.41, 5.74) is 6.83. The van der Waals surface area contributed by atoms with Crippen molar-refractivity contribution in [3.8, 4) is 11.5 Å². The SMILES string of the molecule is COc1ccc(Cl)c(C2(N)CCC2)c1OC. The molecule has 0 spiro atoms. The van der Waals surface area contributed by atoms with Gasteiger partial charge in [0.25, 0.3) is 0 Å². The van der Waals surface area contributed by atoms with E-state index in [0.29, 0.717) is 16.5 Å². The van der Waals surface area contributed by atoms with Crippen molar-refractivity contribution in [3.63, 3.8) is 0 Å². The van der Waals surface area contributed by atoms with E-state index in [-0.39, 0.29) is 5.54 Å². The molecule has 0 aromatic heterocycles. The topological polar surface area (TPSA) is 44.5 Å². The average molecular weight is 242 g/mol. The Labute approximate surface area is 100 Å². The first-order chi connectivity index (χ1) is 7.62. The molecule has 0 bridgehead atoms. The fourth-order valence-corrected chi connectivity index (χ4v) is 2.51. The first kappa shape index (κ1) is 11.6. The zero-order valence-electron chi connectivity index (χ0n) is 9.55. The van der Waals surface area contributed by atoms with Crippen molar-refractivity contribution in [2.75, 3.05) is 14.2 Å². The van der Waals surface area contributed by atoms with Crippen molar-refractivity contribution < 1.29 is 9.47 Å². The normalized spacial score (nSPS) is 17.8. The van der Waals surface area contributed by atoms with E-state index in [1.807, 2.05) is 6.07 Å². The molecule has 0 aliphatic heterocycles. The number of nitrogens with two attached hydrogens (primary N) is 1. The molecular formula is C12H16ClNO2. The van der Waals surface area contributed by atoms with Crippen molar-refractivity contribution >= 4 is 11.6 Å². The average Bonchev–Trinajstić information content (AvgIpc) is 2.25. The third-order valence-corrected chi connectivity index (χ3v) is 3.55. The van der Waals surface area contributed by atoms with Crippen LogP contribution in [0.2, 0.25) is 5.02 Å².